The molecule has 27 heavy (non-hydrogen) atoms. The van der Waals surface area contributed by atoms with E-state index >= 15 is 0 Å². The summed E-state index contributed by atoms with van der Waals surface area (Å²) in [5.74, 6) is -0.311. The number of amides is 2. The average Bonchev–Trinajstić information content (AvgIpc) is 2.95. The van der Waals surface area contributed by atoms with Crippen molar-refractivity contribution in [2.24, 2.45) is 0 Å². The van der Waals surface area contributed by atoms with Crippen molar-refractivity contribution in [3.8, 4) is 0 Å². The van der Waals surface area contributed by atoms with Crippen molar-refractivity contribution in [2.75, 3.05) is 20.6 Å². The molecule has 0 unspecified atom stereocenters. The number of sulfonamides is 1. The van der Waals surface area contributed by atoms with E-state index in [-0.39, 0.29) is 29.5 Å². The molecule has 0 saturated heterocycles. The Labute approximate surface area is 157 Å². The molecule has 0 aliphatic carbocycles. The van der Waals surface area contributed by atoms with Crippen LogP contribution in [0.2, 0.25) is 0 Å². The number of benzene rings is 1. The first-order valence-corrected chi connectivity index (χ1v) is 9.56. The van der Waals surface area contributed by atoms with Gasteiger partial charge in [-0.2, -0.15) is 0 Å². The zero-order valence-corrected chi connectivity index (χ0v) is 16.4. The van der Waals surface area contributed by atoms with Crippen LogP contribution in [0.15, 0.2) is 33.7 Å². The van der Waals surface area contributed by atoms with E-state index in [9.17, 15) is 18.0 Å². The van der Waals surface area contributed by atoms with Gasteiger partial charge in [-0.05, 0) is 32.0 Å². The molecule has 0 atom stereocenters. The number of carbonyl (C=O) groups excluding carboxylic acids is 2. The summed E-state index contributed by atoms with van der Waals surface area (Å²) in [5.41, 5.74) is 1.63. The fourth-order valence-electron chi connectivity index (χ4n) is 2.27. The monoisotopic (exact) mass is 394 g/mol. The van der Waals surface area contributed by atoms with Gasteiger partial charge in [0.05, 0.1) is 17.1 Å². The van der Waals surface area contributed by atoms with Crippen LogP contribution in [-0.4, -0.2) is 50.3 Å². The fraction of sp³-hybridized carbons (Fsp3) is 0.353. The van der Waals surface area contributed by atoms with Crippen LogP contribution in [0.3, 0.4) is 0 Å². The van der Waals surface area contributed by atoms with Crippen LogP contribution in [-0.2, 0) is 21.4 Å². The van der Waals surface area contributed by atoms with Gasteiger partial charge in [0.15, 0.2) is 0 Å². The molecule has 0 aliphatic rings. The summed E-state index contributed by atoms with van der Waals surface area (Å²) in [6, 6.07) is 5.63. The highest BCUT2D eigenvalue weighted by Crippen LogP contribution is 2.15. The largest absolute Gasteiger partial charge is 0.361 e. The van der Waals surface area contributed by atoms with Crippen LogP contribution in [0.5, 0.6) is 0 Å². The van der Waals surface area contributed by atoms with Crippen molar-refractivity contribution in [2.45, 2.75) is 25.3 Å². The second-order valence-electron chi connectivity index (χ2n) is 6.08. The lowest BCUT2D eigenvalue weighted by molar-refractivity contribution is -0.120. The van der Waals surface area contributed by atoms with Crippen molar-refractivity contribution >= 4 is 21.8 Å². The van der Waals surface area contributed by atoms with Crippen molar-refractivity contribution in [3.05, 3.63) is 46.8 Å². The van der Waals surface area contributed by atoms with E-state index in [1.807, 2.05) is 0 Å². The van der Waals surface area contributed by atoms with E-state index in [0.29, 0.717) is 11.5 Å². The molecule has 1 heterocycles. The van der Waals surface area contributed by atoms with E-state index in [2.05, 4.69) is 15.8 Å². The van der Waals surface area contributed by atoms with Gasteiger partial charge >= 0.3 is 0 Å². The molecule has 0 spiro atoms. The Morgan fingerprint density at radius 1 is 1.19 bits per heavy atom. The molecule has 10 heteroatoms. The summed E-state index contributed by atoms with van der Waals surface area (Å²) >= 11 is 0. The van der Waals surface area contributed by atoms with Gasteiger partial charge in [0, 0.05) is 31.8 Å². The molecule has 2 rings (SSSR count). The summed E-state index contributed by atoms with van der Waals surface area (Å²) < 4.78 is 30.4. The summed E-state index contributed by atoms with van der Waals surface area (Å²) in [4.78, 5) is 24.2. The minimum Gasteiger partial charge on any atom is -0.361 e. The molecule has 9 nitrogen and oxygen atoms in total. The third kappa shape index (κ3) is 4.92. The maximum atomic E-state index is 12.2. The number of carbonyl (C=O) groups is 2. The lowest BCUT2D eigenvalue weighted by Gasteiger charge is -2.12. The number of nitrogens with zero attached hydrogens (tertiary/aromatic N) is 2. The van der Waals surface area contributed by atoms with Crippen molar-refractivity contribution in [1.82, 2.24) is 20.1 Å². The summed E-state index contributed by atoms with van der Waals surface area (Å²) in [6.45, 7) is 3.52. The van der Waals surface area contributed by atoms with Gasteiger partial charge in [-0.15, -0.1) is 0 Å². The second kappa shape index (κ2) is 8.31. The van der Waals surface area contributed by atoms with E-state index in [4.69, 9.17) is 4.52 Å². The molecule has 2 amide bonds. The normalized spacial score (nSPS) is 11.4. The van der Waals surface area contributed by atoms with Gasteiger partial charge in [-0.1, -0.05) is 11.2 Å². The number of nitrogens with one attached hydrogen (secondary N) is 2. The lowest BCUT2D eigenvalue weighted by atomic mass is 10.2. The number of rotatable bonds is 7. The molecular formula is C17H22N4O5S. The van der Waals surface area contributed by atoms with Gasteiger partial charge < -0.3 is 15.2 Å². The number of hydrogen-bond donors (Lipinski definition) is 2. The maximum absolute atomic E-state index is 12.2. The lowest BCUT2D eigenvalue weighted by Crippen LogP contribution is -2.36. The van der Waals surface area contributed by atoms with Gasteiger partial charge in [0.2, 0.25) is 15.9 Å². The van der Waals surface area contributed by atoms with E-state index in [0.717, 1.165) is 9.87 Å². The Kier molecular flexibility index (Phi) is 6.34. The molecule has 0 saturated carbocycles. The number of hydrogen-bond acceptors (Lipinski definition) is 6. The minimum atomic E-state index is -3.65. The van der Waals surface area contributed by atoms with Crippen LogP contribution < -0.4 is 10.6 Å². The highest BCUT2D eigenvalue weighted by atomic mass is 32.2. The molecular weight excluding hydrogens is 372 g/mol. The summed E-state index contributed by atoms with van der Waals surface area (Å²) in [5, 5.41) is 8.94. The molecule has 2 aromatic rings. The van der Waals surface area contributed by atoms with Gasteiger partial charge in [0.1, 0.15) is 5.76 Å². The van der Waals surface area contributed by atoms with Crippen LogP contribution in [0.4, 0.5) is 0 Å². The van der Waals surface area contributed by atoms with Crippen LogP contribution in [0, 0.1) is 13.8 Å². The van der Waals surface area contributed by atoms with Crippen LogP contribution >= 0.6 is 0 Å². The fourth-order valence-corrected chi connectivity index (χ4v) is 3.22. The first kappa shape index (κ1) is 20.6. The molecule has 146 valence electrons. The third-order valence-corrected chi connectivity index (χ3v) is 5.74. The van der Waals surface area contributed by atoms with Gasteiger partial charge in [0.25, 0.3) is 5.91 Å². The Balaban J connectivity index is 1.95. The molecule has 2 N–H and O–H groups in total. The standard InChI is InChI=1S/C17H22N4O5S/c1-11-15(12(2)26-20-11)9-18-16(22)10-19-17(23)13-6-5-7-14(8-13)27(24,25)21(3)4/h5-8H,9-10H2,1-4H3,(H,18,22)(H,19,23). The topological polar surface area (TPSA) is 122 Å². The van der Waals surface area contributed by atoms with E-state index in [1.54, 1.807) is 13.8 Å². The molecule has 0 aliphatic heterocycles. The quantitative estimate of drug-likeness (QED) is 0.709. The van der Waals surface area contributed by atoms with Crippen molar-refractivity contribution < 1.29 is 22.5 Å². The third-order valence-electron chi connectivity index (χ3n) is 3.93. The first-order valence-electron chi connectivity index (χ1n) is 8.12. The molecule has 0 fully saturated rings. The van der Waals surface area contributed by atoms with E-state index in [1.165, 1.54) is 38.4 Å². The zero-order chi connectivity index (χ0) is 20.2. The van der Waals surface area contributed by atoms with E-state index < -0.39 is 15.9 Å². The Morgan fingerprint density at radius 3 is 2.48 bits per heavy atom. The summed E-state index contributed by atoms with van der Waals surface area (Å²) in [7, 11) is -0.831. The highest BCUT2D eigenvalue weighted by molar-refractivity contribution is 7.89. The van der Waals surface area contributed by atoms with Crippen molar-refractivity contribution in [3.63, 3.8) is 0 Å². The van der Waals surface area contributed by atoms with Crippen molar-refractivity contribution in [1.29, 1.82) is 0 Å². The van der Waals surface area contributed by atoms with Crippen LogP contribution in [0.25, 0.3) is 0 Å². The number of aryl methyl sites for hydroxylation is 2. The Morgan fingerprint density at radius 2 is 1.89 bits per heavy atom. The maximum Gasteiger partial charge on any atom is 0.251 e. The number of aromatic nitrogens is 1. The molecule has 1 aromatic carbocycles. The van der Waals surface area contributed by atoms with Gasteiger partial charge in [-0.3, -0.25) is 9.59 Å². The van der Waals surface area contributed by atoms with Crippen LogP contribution in [0.1, 0.15) is 27.4 Å². The summed E-state index contributed by atoms with van der Waals surface area (Å²) in [6.07, 6.45) is 0. The second-order valence-corrected chi connectivity index (χ2v) is 8.23. The molecule has 0 radical (unpaired) electrons. The van der Waals surface area contributed by atoms with Gasteiger partial charge in [-0.25, -0.2) is 12.7 Å². The Bertz CT molecular complexity index is 930. The predicted molar refractivity (Wildman–Crippen MR) is 97.5 cm³/mol. The molecule has 0 bridgehead atoms. The smallest absolute Gasteiger partial charge is 0.251 e. The minimum absolute atomic E-state index is 0.00279. The highest BCUT2D eigenvalue weighted by Gasteiger charge is 2.19. The zero-order valence-electron chi connectivity index (χ0n) is 15.6. The molecule has 1 aromatic heterocycles. The average molecular weight is 394 g/mol. The predicted octanol–water partition coefficient (Wildman–Crippen LogP) is 0.588. The Hall–Kier alpha value is -2.72. The first-order chi connectivity index (χ1) is 12.6. The SMILES string of the molecule is Cc1noc(C)c1CNC(=O)CNC(=O)c1cccc(S(=O)(=O)N(C)C)c1.